The van der Waals surface area contributed by atoms with Crippen molar-refractivity contribution in [3.05, 3.63) is 14.7 Å². The molecule has 0 fully saturated rings. The van der Waals surface area contributed by atoms with Gasteiger partial charge in [-0.1, -0.05) is 33.0 Å². The average molecular weight is 284 g/mol. The Kier molecular flexibility index (Phi) is 5.53. The van der Waals surface area contributed by atoms with Crippen molar-refractivity contribution in [1.29, 1.82) is 0 Å². The first-order valence-electron chi connectivity index (χ1n) is 7.14. The summed E-state index contributed by atoms with van der Waals surface area (Å²) in [4.78, 5) is 13.9. The van der Waals surface area contributed by atoms with Gasteiger partial charge in [0.25, 0.3) is 0 Å². The number of nitrogens with zero attached hydrogens (tertiary/aromatic N) is 1. The van der Waals surface area contributed by atoms with Gasteiger partial charge in [0.15, 0.2) is 0 Å². The second kappa shape index (κ2) is 6.51. The summed E-state index contributed by atoms with van der Waals surface area (Å²) in [6.45, 7) is 13.4. The zero-order valence-electron chi connectivity index (χ0n) is 12.8. The molecule has 1 rings (SSSR count). The lowest BCUT2D eigenvalue weighted by Crippen LogP contribution is -2.32. The van der Waals surface area contributed by atoms with Crippen molar-refractivity contribution in [2.45, 2.75) is 47.5 Å². The monoisotopic (exact) mass is 284 g/mol. The van der Waals surface area contributed by atoms with Crippen molar-refractivity contribution in [2.24, 2.45) is 5.41 Å². The van der Waals surface area contributed by atoms with Gasteiger partial charge in [-0.05, 0) is 32.1 Å². The standard InChI is InChI=1S/C15H26N2OS.H2/c1-6-17(7-2)12-11(14(19)13(12)18)16-10-8-9-15(3,4)5;/h16H,6-10H2,1-5H3;1H. The van der Waals surface area contributed by atoms with Crippen LogP contribution in [0.1, 0.15) is 48.9 Å². The van der Waals surface area contributed by atoms with E-state index in [0.717, 1.165) is 43.9 Å². The third-order valence-corrected chi connectivity index (χ3v) is 3.76. The van der Waals surface area contributed by atoms with Gasteiger partial charge >= 0.3 is 0 Å². The Labute approximate surface area is 123 Å². The van der Waals surface area contributed by atoms with E-state index < -0.39 is 0 Å². The molecule has 110 valence electrons. The van der Waals surface area contributed by atoms with E-state index >= 15 is 0 Å². The third kappa shape index (κ3) is 4.03. The predicted octanol–water partition coefficient (Wildman–Crippen LogP) is 3.98. The summed E-state index contributed by atoms with van der Waals surface area (Å²) in [7, 11) is 0. The van der Waals surface area contributed by atoms with Crippen LogP contribution in [0.4, 0.5) is 11.4 Å². The first-order chi connectivity index (χ1) is 8.81. The van der Waals surface area contributed by atoms with E-state index in [4.69, 9.17) is 12.2 Å². The third-order valence-electron chi connectivity index (χ3n) is 3.37. The summed E-state index contributed by atoms with van der Waals surface area (Å²) in [5.74, 6) is 0. The molecule has 0 atom stereocenters. The van der Waals surface area contributed by atoms with Crippen molar-refractivity contribution in [2.75, 3.05) is 29.9 Å². The van der Waals surface area contributed by atoms with Crippen LogP contribution in [0.25, 0.3) is 0 Å². The molecule has 0 unspecified atom stereocenters. The molecule has 4 heteroatoms. The molecule has 0 spiro atoms. The summed E-state index contributed by atoms with van der Waals surface area (Å²) in [6, 6.07) is 0. The number of hydrogen-bond donors (Lipinski definition) is 1. The maximum absolute atomic E-state index is 11.8. The fourth-order valence-corrected chi connectivity index (χ4v) is 2.48. The highest BCUT2D eigenvalue weighted by atomic mass is 32.1. The molecule has 0 saturated carbocycles. The summed E-state index contributed by atoms with van der Waals surface area (Å²) in [5, 5.41) is 3.35. The number of rotatable bonds is 7. The van der Waals surface area contributed by atoms with Crippen molar-refractivity contribution in [3.8, 4) is 0 Å². The van der Waals surface area contributed by atoms with Gasteiger partial charge in [0.1, 0.15) is 10.2 Å². The van der Waals surface area contributed by atoms with Crippen LogP contribution in [0.15, 0.2) is 4.79 Å². The Morgan fingerprint density at radius 3 is 2.32 bits per heavy atom. The SMILES string of the molecule is CCN(CC)c1c(NCCCC(C)(C)C)c(=S)c1=O.[HH]. The first kappa shape index (κ1) is 16.2. The number of hydrogen-bond acceptors (Lipinski definition) is 4. The number of anilines is 2. The molecule has 0 amide bonds. The van der Waals surface area contributed by atoms with Crippen molar-refractivity contribution in [3.63, 3.8) is 0 Å². The normalized spacial score (nSPS) is 11.8. The molecule has 0 aliphatic rings. The van der Waals surface area contributed by atoms with Crippen LogP contribution in [-0.4, -0.2) is 19.6 Å². The predicted molar refractivity (Wildman–Crippen MR) is 88.8 cm³/mol. The second-order valence-electron chi connectivity index (χ2n) is 6.15. The van der Waals surface area contributed by atoms with E-state index in [1.807, 2.05) is 0 Å². The maximum atomic E-state index is 11.8. The molecule has 1 aromatic rings. The molecule has 1 N–H and O–H groups in total. The van der Waals surface area contributed by atoms with Crippen molar-refractivity contribution in [1.82, 2.24) is 0 Å². The van der Waals surface area contributed by atoms with Gasteiger partial charge in [0, 0.05) is 21.1 Å². The topological polar surface area (TPSA) is 32.3 Å². The van der Waals surface area contributed by atoms with Gasteiger partial charge in [-0.2, -0.15) is 0 Å². The average Bonchev–Trinajstić information content (AvgIpc) is 2.35. The highest BCUT2D eigenvalue weighted by Gasteiger charge is 2.21. The van der Waals surface area contributed by atoms with E-state index in [1.165, 1.54) is 0 Å². The van der Waals surface area contributed by atoms with Crippen LogP contribution in [0.3, 0.4) is 0 Å². The minimum absolute atomic E-state index is 0. The minimum Gasteiger partial charge on any atom is -0.382 e. The summed E-state index contributed by atoms with van der Waals surface area (Å²) >= 11 is 5.15. The van der Waals surface area contributed by atoms with Crippen LogP contribution >= 0.6 is 12.2 Å². The highest BCUT2D eigenvalue weighted by Crippen LogP contribution is 2.27. The Morgan fingerprint density at radius 1 is 1.26 bits per heavy atom. The molecular formula is C15H28N2OS. The van der Waals surface area contributed by atoms with Gasteiger partial charge in [-0.15, -0.1) is 0 Å². The highest BCUT2D eigenvalue weighted by molar-refractivity contribution is 7.71. The largest absolute Gasteiger partial charge is 0.382 e. The smallest absolute Gasteiger partial charge is 0.224 e. The van der Waals surface area contributed by atoms with Crippen LogP contribution in [0, 0.1) is 9.93 Å². The fourth-order valence-electron chi connectivity index (χ4n) is 2.22. The molecule has 0 aliphatic heterocycles. The fraction of sp³-hybridized carbons (Fsp3) is 0.733. The Bertz CT molecular complexity index is 483. The molecule has 0 radical (unpaired) electrons. The summed E-state index contributed by atoms with van der Waals surface area (Å²) in [5.41, 5.74) is 2.05. The Balaban J connectivity index is 0.00000361. The van der Waals surface area contributed by atoms with Crippen LogP contribution < -0.4 is 15.6 Å². The molecule has 19 heavy (non-hydrogen) atoms. The Hall–Kier alpha value is -0.900. The van der Waals surface area contributed by atoms with Gasteiger partial charge in [0.2, 0.25) is 5.43 Å². The molecule has 3 nitrogen and oxygen atoms in total. The molecule has 1 aromatic carbocycles. The molecule has 0 saturated heterocycles. The zero-order valence-corrected chi connectivity index (χ0v) is 13.6. The Morgan fingerprint density at radius 2 is 1.84 bits per heavy atom. The maximum Gasteiger partial charge on any atom is 0.224 e. The van der Waals surface area contributed by atoms with E-state index in [0.29, 0.717) is 9.93 Å². The lowest BCUT2D eigenvalue weighted by molar-refractivity contribution is 0.370. The van der Waals surface area contributed by atoms with Crippen molar-refractivity contribution < 1.29 is 1.43 Å². The van der Waals surface area contributed by atoms with Crippen LogP contribution in [0.2, 0.25) is 0 Å². The number of nitrogens with one attached hydrogen (secondary N) is 1. The second-order valence-corrected chi connectivity index (χ2v) is 6.55. The minimum atomic E-state index is 0. The van der Waals surface area contributed by atoms with Gasteiger partial charge in [-0.3, -0.25) is 4.79 Å². The summed E-state index contributed by atoms with van der Waals surface area (Å²) < 4.78 is 0.470. The molecule has 0 bridgehead atoms. The lowest BCUT2D eigenvalue weighted by Gasteiger charge is -2.26. The molecule has 0 aromatic heterocycles. The van der Waals surface area contributed by atoms with E-state index in [-0.39, 0.29) is 6.86 Å². The van der Waals surface area contributed by atoms with Gasteiger partial charge < -0.3 is 10.2 Å². The van der Waals surface area contributed by atoms with E-state index in [1.54, 1.807) is 0 Å². The van der Waals surface area contributed by atoms with Gasteiger partial charge in [-0.25, -0.2) is 0 Å². The molecule has 0 aliphatic carbocycles. The van der Waals surface area contributed by atoms with Crippen LogP contribution in [0.5, 0.6) is 0 Å². The van der Waals surface area contributed by atoms with E-state index in [2.05, 4.69) is 44.8 Å². The van der Waals surface area contributed by atoms with Crippen LogP contribution in [-0.2, 0) is 0 Å². The summed E-state index contributed by atoms with van der Waals surface area (Å²) in [6.07, 6.45) is 2.25. The molecule has 0 heterocycles. The quantitative estimate of drug-likeness (QED) is 0.606. The van der Waals surface area contributed by atoms with Crippen molar-refractivity contribution >= 4 is 23.6 Å². The first-order valence-corrected chi connectivity index (χ1v) is 7.54. The van der Waals surface area contributed by atoms with E-state index in [9.17, 15) is 4.79 Å². The van der Waals surface area contributed by atoms with Gasteiger partial charge in [0.05, 0.1) is 5.69 Å². The zero-order chi connectivity index (χ0) is 14.6. The molecular weight excluding hydrogens is 256 g/mol. The lowest BCUT2D eigenvalue weighted by atomic mass is 9.90.